The molecular formula is C23H25F4N3. The van der Waals surface area contributed by atoms with Crippen molar-refractivity contribution in [2.24, 2.45) is 0 Å². The van der Waals surface area contributed by atoms with Gasteiger partial charge in [-0.3, -0.25) is 4.98 Å². The molecule has 30 heavy (non-hydrogen) atoms. The molecule has 1 aliphatic carbocycles. The number of nitrogens with zero attached hydrogens (tertiary/aromatic N) is 1. The van der Waals surface area contributed by atoms with Crippen LogP contribution in [0.15, 0.2) is 42.4 Å². The maximum Gasteiger partial charge on any atom is 0.249 e. The SMILES string of the molecule is CC[C@H]1CC(NC(C)c2cc(F)c(-c3ccnc(C4CC(F)(F)C4)c3)cc2F)=CN1. The van der Waals surface area contributed by atoms with E-state index in [0.29, 0.717) is 17.3 Å². The standard InChI is InChI=1S/C23H25F4N3/c1-3-16-7-17(12-29-16)30-13(2)18-8-21(25)19(9-20(18)24)14-4-5-28-22(6-14)15-10-23(26,27)11-15/h4-6,8-9,12-13,15-16,29-30H,3,7,10-11H2,1-2H3/t13?,16-/m0/s1. The minimum absolute atomic E-state index is 0.103. The van der Waals surface area contributed by atoms with Gasteiger partial charge in [0.05, 0.1) is 6.04 Å². The van der Waals surface area contributed by atoms with Gasteiger partial charge in [0, 0.05) is 66.1 Å². The number of rotatable bonds is 6. The number of alkyl halides is 2. The molecule has 4 rings (SSSR count). The molecule has 0 amide bonds. The second-order valence-electron chi connectivity index (χ2n) is 8.30. The third kappa shape index (κ3) is 4.16. The van der Waals surface area contributed by atoms with E-state index in [1.165, 1.54) is 18.3 Å². The Kier molecular flexibility index (Phi) is 5.47. The highest BCUT2D eigenvalue weighted by Gasteiger charge is 2.46. The molecular weight excluding hydrogens is 394 g/mol. The zero-order chi connectivity index (χ0) is 21.5. The number of pyridine rings is 1. The van der Waals surface area contributed by atoms with Gasteiger partial charge in [-0.2, -0.15) is 0 Å². The molecule has 1 aromatic heterocycles. The highest BCUT2D eigenvalue weighted by atomic mass is 19.3. The molecule has 1 saturated carbocycles. The van der Waals surface area contributed by atoms with Crippen LogP contribution in [-0.4, -0.2) is 16.9 Å². The van der Waals surface area contributed by atoms with E-state index >= 15 is 0 Å². The van der Waals surface area contributed by atoms with Crippen molar-refractivity contribution in [3.8, 4) is 11.1 Å². The van der Waals surface area contributed by atoms with Crippen molar-refractivity contribution < 1.29 is 17.6 Å². The molecule has 0 bridgehead atoms. The Morgan fingerprint density at radius 3 is 2.63 bits per heavy atom. The van der Waals surface area contributed by atoms with E-state index in [2.05, 4.69) is 22.5 Å². The molecule has 0 spiro atoms. The second kappa shape index (κ2) is 7.93. The van der Waals surface area contributed by atoms with Crippen LogP contribution in [0.3, 0.4) is 0 Å². The van der Waals surface area contributed by atoms with Crippen LogP contribution in [0.2, 0.25) is 0 Å². The molecule has 2 aliphatic rings. The Balaban J connectivity index is 1.53. The zero-order valence-electron chi connectivity index (χ0n) is 17.0. The van der Waals surface area contributed by atoms with Crippen LogP contribution in [0.25, 0.3) is 11.1 Å². The van der Waals surface area contributed by atoms with Gasteiger partial charge in [-0.15, -0.1) is 0 Å². The maximum atomic E-state index is 14.9. The van der Waals surface area contributed by atoms with Crippen LogP contribution >= 0.6 is 0 Å². The van der Waals surface area contributed by atoms with Gasteiger partial charge >= 0.3 is 0 Å². The third-order valence-electron chi connectivity index (χ3n) is 6.01. The first kappa shape index (κ1) is 20.7. The molecule has 0 saturated heterocycles. The fourth-order valence-corrected chi connectivity index (χ4v) is 4.15. The summed E-state index contributed by atoms with van der Waals surface area (Å²) in [5.74, 6) is -4.08. The van der Waals surface area contributed by atoms with Crippen LogP contribution in [-0.2, 0) is 0 Å². The van der Waals surface area contributed by atoms with Crippen molar-refractivity contribution in [3.05, 3.63) is 65.3 Å². The molecule has 2 atom stereocenters. The van der Waals surface area contributed by atoms with E-state index in [4.69, 9.17) is 0 Å². The van der Waals surface area contributed by atoms with E-state index in [0.717, 1.165) is 18.5 Å². The van der Waals surface area contributed by atoms with Crippen molar-refractivity contribution in [1.82, 2.24) is 15.6 Å². The lowest BCUT2D eigenvalue weighted by atomic mass is 9.78. The fraction of sp³-hybridized carbons (Fsp3) is 0.435. The Morgan fingerprint density at radius 2 is 1.97 bits per heavy atom. The molecule has 2 N–H and O–H groups in total. The minimum atomic E-state index is -2.66. The summed E-state index contributed by atoms with van der Waals surface area (Å²) >= 11 is 0. The largest absolute Gasteiger partial charge is 0.386 e. The Morgan fingerprint density at radius 1 is 1.20 bits per heavy atom. The summed E-state index contributed by atoms with van der Waals surface area (Å²) in [6, 6.07) is 5.49. The predicted octanol–water partition coefficient (Wildman–Crippen LogP) is 5.80. The van der Waals surface area contributed by atoms with Crippen molar-refractivity contribution in [3.63, 3.8) is 0 Å². The lowest BCUT2D eigenvalue weighted by molar-refractivity contribution is -0.0875. The van der Waals surface area contributed by atoms with Crippen LogP contribution in [0.5, 0.6) is 0 Å². The Bertz CT molecular complexity index is 965. The van der Waals surface area contributed by atoms with E-state index in [1.807, 2.05) is 6.20 Å². The van der Waals surface area contributed by atoms with E-state index < -0.39 is 23.6 Å². The van der Waals surface area contributed by atoms with Gasteiger partial charge in [0.1, 0.15) is 11.6 Å². The smallest absolute Gasteiger partial charge is 0.249 e. The first-order chi connectivity index (χ1) is 14.3. The summed E-state index contributed by atoms with van der Waals surface area (Å²) in [4.78, 5) is 4.15. The second-order valence-corrected chi connectivity index (χ2v) is 8.30. The predicted molar refractivity (Wildman–Crippen MR) is 108 cm³/mol. The number of halogens is 4. The van der Waals surface area contributed by atoms with Gasteiger partial charge in [-0.1, -0.05) is 6.92 Å². The normalized spacial score (nSPS) is 21.5. The highest BCUT2D eigenvalue weighted by Crippen LogP contribution is 2.48. The van der Waals surface area contributed by atoms with Crippen molar-refractivity contribution in [1.29, 1.82) is 0 Å². The third-order valence-corrected chi connectivity index (χ3v) is 6.01. The van der Waals surface area contributed by atoms with Gasteiger partial charge in [0.25, 0.3) is 0 Å². The monoisotopic (exact) mass is 419 g/mol. The summed E-state index contributed by atoms with van der Waals surface area (Å²) in [7, 11) is 0. The minimum Gasteiger partial charge on any atom is -0.386 e. The van der Waals surface area contributed by atoms with Crippen LogP contribution < -0.4 is 10.6 Å². The Labute approximate surface area is 173 Å². The number of hydrogen-bond donors (Lipinski definition) is 2. The summed E-state index contributed by atoms with van der Waals surface area (Å²) in [6.45, 7) is 3.88. The lowest BCUT2D eigenvalue weighted by Crippen LogP contribution is -2.34. The topological polar surface area (TPSA) is 37.0 Å². The number of hydrogen-bond acceptors (Lipinski definition) is 3. The summed E-state index contributed by atoms with van der Waals surface area (Å²) < 4.78 is 56.1. The first-order valence-corrected chi connectivity index (χ1v) is 10.3. The molecule has 2 aromatic rings. The highest BCUT2D eigenvalue weighted by molar-refractivity contribution is 5.65. The van der Waals surface area contributed by atoms with Gasteiger partial charge in [-0.25, -0.2) is 17.6 Å². The van der Waals surface area contributed by atoms with Gasteiger partial charge < -0.3 is 10.6 Å². The van der Waals surface area contributed by atoms with Gasteiger partial charge in [0.2, 0.25) is 5.92 Å². The molecule has 1 aliphatic heterocycles. The quantitative estimate of drug-likeness (QED) is 0.581. The number of benzene rings is 1. The lowest BCUT2D eigenvalue weighted by Gasteiger charge is -2.34. The molecule has 7 heteroatoms. The zero-order valence-corrected chi connectivity index (χ0v) is 17.0. The average Bonchev–Trinajstić information content (AvgIpc) is 3.15. The number of aromatic nitrogens is 1. The summed E-state index contributed by atoms with van der Waals surface area (Å²) in [6.07, 6.45) is 4.64. The van der Waals surface area contributed by atoms with Gasteiger partial charge in [-0.05, 0) is 43.2 Å². The summed E-state index contributed by atoms with van der Waals surface area (Å²) in [5, 5.41) is 6.50. The first-order valence-electron chi connectivity index (χ1n) is 10.3. The molecule has 160 valence electrons. The van der Waals surface area contributed by atoms with Crippen LogP contribution in [0.1, 0.15) is 62.7 Å². The van der Waals surface area contributed by atoms with Gasteiger partial charge in [0.15, 0.2) is 0 Å². The van der Waals surface area contributed by atoms with Crippen molar-refractivity contribution >= 4 is 0 Å². The maximum absolute atomic E-state index is 14.9. The molecule has 2 heterocycles. The van der Waals surface area contributed by atoms with Crippen LogP contribution in [0, 0.1) is 11.6 Å². The molecule has 1 aromatic carbocycles. The molecule has 1 fully saturated rings. The summed E-state index contributed by atoms with van der Waals surface area (Å²) in [5.41, 5.74) is 2.24. The fourth-order valence-electron chi connectivity index (χ4n) is 4.15. The molecule has 0 radical (unpaired) electrons. The Hall–Kier alpha value is -2.57. The molecule has 3 nitrogen and oxygen atoms in total. The molecule has 1 unspecified atom stereocenters. The van der Waals surface area contributed by atoms with Crippen molar-refractivity contribution in [2.45, 2.75) is 63.5 Å². The van der Waals surface area contributed by atoms with E-state index in [-0.39, 0.29) is 29.9 Å². The average molecular weight is 419 g/mol. The van der Waals surface area contributed by atoms with E-state index in [9.17, 15) is 17.6 Å². The number of nitrogens with one attached hydrogen (secondary N) is 2. The van der Waals surface area contributed by atoms with Crippen molar-refractivity contribution in [2.75, 3.05) is 0 Å². The van der Waals surface area contributed by atoms with Crippen LogP contribution in [0.4, 0.5) is 17.6 Å². The van der Waals surface area contributed by atoms with E-state index in [1.54, 1.807) is 19.1 Å².